The lowest BCUT2D eigenvalue weighted by atomic mass is 10.1. The Morgan fingerprint density at radius 2 is 1.83 bits per heavy atom. The summed E-state index contributed by atoms with van der Waals surface area (Å²) in [6, 6.07) is 10.9. The van der Waals surface area contributed by atoms with Crippen LogP contribution >= 0.6 is 0 Å². The fraction of sp³-hybridized carbons (Fsp3) is 0.333. The summed E-state index contributed by atoms with van der Waals surface area (Å²) in [5.41, 5.74) is 1.08. The van der Waals surface area contributed by atoms with Crippen molar-refractivity contribution in [2.24, 2.45) is 0 Å². The smallest absolute Gasteiger partial charge is 0.307 e. The number of esters is 1. The third-order valence-electron chi connectivity index (χ3n) is 3.66. The molecule has 0 fully saturated rings. The van der Waals surface area contributed by atoms with Gasteiger partial charge in [0.25, 0.3) is 5.91 Å². The van der Waals surface area contributed by atoms with Crippen molar-refractivity contribution in [2.75, 3.05) is 27.3 Å². The van der Waals surface area contributed by atoms with Gasteiger partial charge in [-0.3, -0.25) is 9.59 Å². The lowest BCUT2D eigenvalue weighted by Crippen LogP contribution is -2.34. The number of amides is 1. The summed E-state index contributed by atoms with van der Waals surface area (Å²) in [7, 11) is 2.95. The van der Waals surface area contributed by atoms with Crippen LogP contribution in [-0.4, -0.2) is 44.1 Å². The number of hydrogen-bond donors (Lipinski definition) is 0. The molecule has 2 aromatic rings. The van der Waals surface area contributed by atoms with Crippen LogP contribution in [0.1, 0.15) is 22.5 Å². The van der Waals surface area contributed by atoms with Crippen molar-refractivity contribution in [1.29, 1.82) is 0 Å². The lowest BCUT2D eigenvalue weighted by molar-refractivity contribution is -0.140. The van der Waals surface area contributed by atoms with Crippen LogP contribution in [-0.2, 0) is 16.0 Å². The number of ether oxygens (including phenoxy) is 2. The number of furan rings is 1. The summed E-state index contributed by atoms with van der Waals surface area (Å²) in [6.07, 6.45) is 2.26. The summed E-state index contributed by atoms with van der Waals surface area (Å²) in [6.45, 7) is 0.755. The molecule has 0 saturated heterocycles. The van der Waals surface area contributed by atoms with Crippen molar-refractivity contribution in [3.63, 3.8) is 0 Å². The van der Waals surface area contributed by atoms with Gasteiger partial charge in [0.2, 0.25) is 0 Å². The van der Waals surface area contributed by atoms with E-state index in [1.807, 2.05) is 24.3 Å². The predicted octanol–water partition coefficient (Wildman–Crippen LogP) is 2.54. The van der Waals surface area contributed by atoms with E-state index in [1.165, 1.54) is 13.4 Å². The van der Waals surface area contributed by atoms with Crippen molar-refractivity contribution >= 4 is 11.9 Å². The molecule has 1 amide bonds. The zero-order valence-corrected chi connectivity index (χ0v) is 13.9. The molecule has 1 heterocycles. The normalized spacial score (nSPS) is 10.2. The minimum absolute atomic E-state index is 0.144. The first kappa shape index (κ1) is 17.6. The first-order valence-electron chi connectivity index (χ1n) is 7.66. The number of benzene rings is 1. The molecule has 6 heteroatoms. The molecule has 24 heavy (non-hydrogen) atoms. The van der Waals surface area contributed by atoms with Crippen molar-refractivity contribution in [3.05, 3.63) is 54.0 Å². The SMILES string of the molecule is COC(=O)CCN(CCc1ccc(OC)cc1)C(=O)c1ccco1. The Bertz CT molecular complexity index is 649. The maximum absolute atomic E-state index is 12.5. The van der Waals surface area contributed by atoms with Crippen molar-refractivity contribution in [1.82, 2.24) is 4.90 Å². The van der Waals surface area contributed by atoms with Gasteiger partial charge in [0.15, 0.2) is 5.76 Å². The Balaban J connectivity index is 2.01. The molecule has 0 aliphatic heterocycles. The third-order valence-corrected chi connectivity index (χ3v) is 3.66. The minimum Gasteiger partial charge on any atom is -0.497 e. The summed E-state index contributed by atoms with van der Waals surface area (Å²) in [5.74, 6) is 0.455. The van der Waals surface area contributed by atoms with E-state index < -0.39 is 0 Å². The molecule has 2 rings (SSSR count). The standard InChI is InChI=1S/C18H21NO5/c1-22-15-7-5-14(6-8-15)9-11-19(12-10-17(20)23-2)18(21)16-4-3-13-24-16/h3-8,13H,9-12H2,1-2H3. The highest BCUT2D eigenvalue weighted by Crippen LogP contribution is 2.13. The second-order valence-corrected chi connectivity index (χ2v) is 5.19. The van der Waals surface area contributed by atoms with Gasteiger partial charge in [0, 0.05) is 13.1 Å². The van der Waals surface area contributed by atoms with Gasteiger partial charge < -0.3 is 18.8 Å². The number of hydrogen-bond acceptors (Lipinski definition) is 5. The van der Waals surface area contributed by atoms with Gasteiger partial charge in [-0.15, -0.1) is 0 Å². The Hall–Kier alpha value is -2.76. The van der Waals surface area contributed by atoms with Crippen molar-refractivity contribution in [2.45, 2.75) is 12.8 Å². The predicted molar refractivity (Wildman–Crippen MR) is 87.9 cm³/mol. The van der Waals surface area contributed by atoms with Crippen LogP contribution in [0.5, 0.6) is 5.75 Å². The van der Waals surface area contributed by atoms with E-state index in [0.717, 1.165) is 11.3 Å². The highest BCUT2D eigenvalue weighted by molar-refractivity contribution is 5.91. The zero-order valence-electron chi connectivity index (χ0n) is 13.9. The second-order valence-electron chi connectivity index (χ2n) is 5.19. The van der Waals surface area contributed by atoms with Crippen LogP contribution in [0.2, 0.25) is 0 Å². The van der Waals surface area contributed by atoms with Crippen LogP contribution in [0.25, 0.3) is 0 Å². The van der Waals surface area contributed by atoms with Crippen LogP contribution in [0.15, 0.2) is 47.1 Å². The average Bonchev–Trinajstić information content (AvgIpc) is 3.16. The van der Waals surface area contributed by atoms with Gasteiger partial charge in [0.1, 0.15) is 5.75 Å². The van der Waals surface area contributed by atoms with Crippen LogP contribution in [0, 0.1) is 0 Å². The van der Waals surface area contributed by atoms with Gasteiger partial charge in [-0.2, -0.15) is 0 Å². The number of carbonyl (C=O) groups is 2. The average molecular weight is 331 g/mol. The van der Waals surface area contributed by atoms with E-state index >= 15 is 0 Å². The number of nitrogens with zero attached hydrogens (tertiary/aromatic N) is 1. The molecule has 0 spiro atoms. The first-order chi connectivity index (χ1) is 11.6. The first-order valence-corrected chi connectivity index (χ1v) is 7.66. The maximum Gasteiger partial charge on any atom is 0.307 e. The van der Waals surface area contributed by atoms with Crippen LogP contribution in [0.3, 0.4) is 0 Å². The molecule has 0 aliphatic rings. The topological polar surface area (TPSA) is 69.0 Å². The van der Waals surface area contributed by atoms with E-state index in [2.05, 4.69) is 4.74 Å². The maximum atomic E-state index is 12.5. The highest BCUT2D eigenvalue weighted by Gasteiger charge is 2.19. The summed E-state index contributed by atoms with van der Waals surface area (Å²) in [5, 5.41) is 0. The Morgan fingerprint density at radius 3 is 2.42 bits per heavy atom. The Kier molecular flexibility index (Phi) is 6.42. The quantitative estimate of drug-likeness (QED) is 0.695. The molecule has 6 nitrogen and oxygen atoms in total. The van der Waals surface area contributed by atoms with E-state index in [9.17, 15) is 9.59 Å². The molecule has 0 N–H and O–H groups in total. The Labute approximate surface area is 141 Å². The summed E-state index contributed by atoms with van der Waals surface area (Å²) >= 11 is 0. The van der Waals surface area contributed by atoms with Crippen LogP contribution in [0.4, 0.5) is 0 Å². The van der Waals surface area contributed by atoms with E-state index in [1.54, 1.807) is 24.1 Å². The fourth-order valence-electron chi connectivity index (χ4n) is 2.26. The van der Waals surface area contributed by atoms with Gasteiger partial charge in [0.05, 0.1) is 26.9 Å². The van der Waals surface area contributed by atoms with Crippen molar-refractivity contribution < 1.29 is 23.5 Å². The number of methoxy groups -OCH3 is 2. The largest absolute Gasteiger partial charge is 0.497 e. The molecule has 0 radical (unpaired) electrons. The molecule has 0 atom stereocenters. The molecular formula is C18H21NO5. The van der Waals surface area contributed by atoms with Gasteiger partial charge >= 0.3 is 5.97 Å². The van der Waals surface area contributed by atoms with E-state index in [4.69, 9.17) is 9.15 Å². The fourth-order valence-corrected chi connectivity index (χ4v) is 2.26. The second kappa shape index (κ2) is 8.76. The molecule has 0 unspecified atom stereocenters. The molecule has 0 aliphatic carbocycles. The monoisotopic (exact) mass is 331 g/mol. The molecule has 0 saturated carbocycles. The molecular weight excluding hydrogens is 310 g/mol. The van der Waals surface area contributed by atoms with Crippen molar-refractivity contribution in [3.8, 4) is 5.75 Å². The van der Waals surface area contributed by atoms with Gasteiger partial charge in [-0.25, -0.2) is 0 Å². The zero-order chi connectivity index (χ0) is 17.4. The molecule has 1 aromatic carbocycles. The third kappa shape index (κ3) is 4.87. The minimum atomic E-state index is -0.350. The molecule has 128 valence electrons. The Morgan fingerprint density at radius 1 is 1.08 bits per heavy atom. The lowest BCUT2D eigenvalue weighted by Gasteiger charge is -2.21. The van der Waals surface area contributed by atoms with E-state index in [-0.39, 0.29) is 30.6 Å². The van der Waals surface area contributed by atoms with E-state index in [0.29, 0.717) is 13.0 Å². The van der Waals surface area contributed by atoms with Crippen LogP contribution < -0.4 is 4.74 Å². The number of carbonyl (C=O) groups excluding carboxylic acids is 2. The molecule has 0 bridgehead atoms. The summed E-state index contributed by atoms with van der Waals surface area (Å²) < 4.78 is 14.9. The number of rotatable bonds is 8. The van der Waals surface area contributed by atoms with Gasteiger partial charge in [-0.1, -0.05) is 12.1 Å². The summed E-state index contributed by atoms with van der Waals surface area (Å²) in [4.78, 5) is 25.5. The highest BCUT2D eigenvalue weighted by atomic mass is 16.5. The molecule has 1 aromatic heterocycles. The van der Waals surface area contributed by atoms with Gasteiger partial charge in [-0.05, 0) is 36.2 Å².